The monoisotopic (exact) mass is 597 g/mol. The zero-order valence-electron chi connectivity index (χ0n) is 23.5. The zero-order valence-corrected chi connectivity index (χ0v) is 25.1. The maximum Gasteiger partial charge on any atom is 0.355 e. The van der Waals surface area contributed by atoms with Crippen LogP contribution in [0.2, 0.25) is 0 Å². The number of esters is 1. The molecule has 0 aromatic carbocycles. The summed E-state index contributed by atoms with van der Waals surface area (Å²) >= 11 is 2.48. The van der Waals surface area contributed by atoms with Crippen LogP contribution in [0.5, 0.6) is 0 Å². The Morgan fingerprint density at radius 3 is 2.42 bits per heavy atom. The highest BCUT2D eigenvalue weighted by Crippen LogP contribution is 2.38. The average molecular weight is 598 g/mol. The number of fused-ring (bicyclic) bond motifs is 1. The van der Waals surface area contributed by atoms with Gasteiger partial charge in [0.15, 0.2) is 10.8 Å². The predicted octanol–water partition coefficient (Wildman–Crippen LogP) is 1.89. The van der Waals surface area contributed by atoms with Gasteiger partial charge in [-0.3, -0.25) is 19.3 Å². The van der Waals surface area contributed by atoms with Crippen molar-refractivity contribution in [1.82, 2.24) is 15.2 Å². The maximum absolute atomic E-state index is 13.2. The molecule has 3 amide bonds. The van der Waals surface area contributed by atoms with Gasteiger partial charge in [0.05, 0.1) is 24.4 Å². The van der Waals surface area contributed by atoms with Gasteiger partial charge in [-0.25, -0.2) is 9.78 Å². The van der Waals surface area contributed by atoms with Crippen LogP contribution in [-0.2, 0) is 38.2 Å². The summed E-state index contributed by atoms with van der Waals surface area (Å²) in [5.41, 5.74) is -0.801. The molecule has 40 heavy (non-hydrogen) atoms. The van der Waals surface area contributed by atoms with Gasteiger partial charge in [-0.2, -0.15) is 0 Å². The van der Waals surface area contributed by atoms with E-state index in [0.29, 0.717) is 12.2 Å². The predicted molar refractivity (Wildman–Crippen MR) is 150 cm³/mol. The molecule has 1 aromatic heterocycles. The van der Waals surface area contributed by atoms with Crippen molar-refractivity contribution in [2.75, 3.05) is 31.4 Å². The molecule has 15 heteroatoms. The molecule has 1 aromatic rings. The summed E-state index contributed by atoms with van der Waals surface area (Å²) < 4.78 is 17.4. The van der Waals surface area contributed by atoms with Gasteiger partial charge in [0.1, 0.15) is 36.0 Å². The largest absolute Gasteiger partial charge is 0.453 e. The third-order valence-electron chi connectivity index (χ3n) is 5.35. The molecule has 0 spiro atoms. The number of amides is 3. The first-order chi connectivity index (χ1) is 18.7. The molecule has 0 saturated carbocycles. The van der Waals surface area contributed by atoms with Gasteiger partial charge < -0.3 is 29.7 Å². The lowest BCUT2D eigenvalue weighted by molar-refractivity contribution is -0.165. The molecule has 220 valence electrons. The fraction of sp³-hybridized carbons (Fsp3) is 0.600. The number of β-lactam (4-membered cyclic amide) rings is 1. The molecule has 2 N–H and O–H groups in total. The van der Waals surface area contributed by atoms with Crippen LogP contribution in [0.4, 0.5) is 5.13 Å². The Morgan fingerprint density at radius 2 is 1.85 bits per heavy atom. The smallest absolute Gasteiger partial charge is 0.355 e. The van der Waals surface area contributed by atoms with Crippen molar-refractivity contribution in [3.05, 3.63) is 22.8 Å². The summed E-state index contributed by atoms with van der Waals surface area (Å²) in [7, 11) is 1.27. The van der Waals surface area contributed by atoms with Crippen LogP contribution in [0.1, 0.15) is 47.2 Å². The first-order valence-electron chi connectivity index (χ1n) is 12.5. The highest BCUT2D eigenvalue weighted by molar-refractivity contribution is 8.00. The quantitative estimate of drug-likeness (QED) is 0.120. The molecule has 2 aliphatic heterocycles. The summed E-state index contributed by atoms with van der Waals surface area (Å²) in [6.07, 6.45) is 1.39. The van der Waals surface area contributed by atoms with Gasteiger partial charge in [-0.05, 0) is 47.6 Å². The van der Waals surface area contributed by atoms with E-state index in [0.717, 1.165) is 11.3 Å². The van der Waals surface area contributed by atoms with Crippen LogP contribution in [0.25, 0.3) is 0 Å². The molecule has 1 fully saturated rings. The van der Waals surface area contributed by atoms with Gasteiger partial charge >= 0.3 is 5.97 Å². The molecule has 3 heterocycles. The first-order valence-corrected chi connectivity index (χ1v) is 14.4. The lowest BCUT2D eigenvalue weighted by atomic mass is 10.0. The van der Waals surface area contributed by atoms with E-state index in [4.69, 9.17) is 19.0 Å². The van der Waals surface area contributed by atoms with E-state index in [1.54, 1.807) is 6.08 Å². The highest BCUT2D eigenvalue weighted by Gasteiger charge is 2.53. The molecule has 13 nitrogen and oxygen atoms in total. The van der Waals surface area contributed by atoms with Crippen LogP contribution < -0.4 is 10.6 Å². The number of oxime groups is 1. The first kappa shape index (κ1) is 31.5. The number of anilines is 1. The summed E-state index contributed by atoms with van der Waals surface area (Å²) in [5, 5.41) is 10.1. The Labute approximate surface area is 241 Å². The van der Waals surface area contributed by atoms with E-state index in [1.807, 2.05) is 41.5 Å². The molecule has 2 atom stereocenters. The standard InChI is InChI=1S/C25H35N5O8S2/c1-24(2,3)36-10-14(11-37-25(4,5)6)38-22(34)16-8-9-39-21-18(20(33)30(16)21)28-19(32)17(29-35-7)15-12-40-23(27-15)26-13-31/h8,12-14,18,21H,9-11H2,1-7H3,(H,28,32)(H,26,27,31)/t18?,21-/m0/s1. The zero-order chi connectivity index (χ0) is 29.7. The van der Waals surface area contributed by atoms with Gasteiger partial charge in [-0.15, -0.1) is 23.1 Å². The SMILES string of the molecule is CON=C(C(=O)NC1C(=O)N2C(C(=O)OC(COC(C)(C)C)COC(C)(C)C)=CCS[C@@H]12)c1csc(NC=O)n1. The van der Waals surface area contributed by atoms with E-state index < -0.39 is 46.5 Å². The van der Waals surface area contributed by atoms with Crippen LogP contribution in [0.3, 0.4) is 0 Å². The fourth-order valence-electron chi connectivity index (χ4n) is 3.55. The Hall–Kier alpha value is -3.01. The second kappa shape index (κ2) is 13.1. The van der Waals surface area contributed by atoms with Gasteiger partial charge in [0.25, 0.3) is 11.8 Å². The summed E-state index contributed by atoms with van der Waals surface area (Å²) in [6, 6.07) is -0.911. The lowest BCUT2D eigenvalue weighted by Gasteiger charge is -2.48. The van der Waals surface area contributed by atoms with Gasteiger partial charge in [-0.1, -0.05) is 5.16 Å². The highest BCUT2D eigenvalue weighted by atomic mass is 32.2. The fourth-order valence-corrected chi connectivity index (χ4v) is 5.40. The minimum atomic E-state index is -0.911. The Kier molecular flexibility index (Phi) is 10.3. The number of nitrogens with one attached hydrogen (secondary N) is 2. The van der Waals surface area contributed by atoms with E-state index in [9.17, 15) is 19.2 Å². The minimum absolute atomic E-state index is 0.102. The van der Waals surface area contributed by atoms with Crippen LogP contribution in [0, 0.1) is 0 Å². The van der Waals surface area contributed by atoms with E-state index in [-0.39, 0.29) is 35.4 Å². The topological polar surface area (TPSA) is 158 Å². The van der Waals surface area contributed by atoms with Crippen LogP contribution in [0.15, 0.2) is 22.3 Å². The number of thiazole rings is 1. The number of hydrogen-bond acceptors (Lipinski definition) is 12. The third-order valence-corrected chi connectivity index (χ3v) is 7.30. The number of ether oxygens (including phenoxy) is 3. The van der Waals surface area contributed by atoms with Gasteiger partial charge in [0.2, 0.25) is 6.41 Å². The van der Waals surface area contributed by atoms with E-state index in [2.05, 4.69) is 20.8 Å². The number of rotatable bonds is 12. The minimum Gasteiger partial charge on any atom is -0.453 e. The maximum atomic E-state index is 13.2. The third kappa shape index (κ3) is 8.25. The van der Waals surface area contributed by atoms with E-state index in [1.165, 1.54) is 29.2 Å². The van der Waals surface area contributed by atoms with Crippen molar-refractivity contribution in [2.45, 2.75) is 70.3 Å². The van der Waals surface area contributed by atoms with Crippen molar-refractivity contribution in [3.8, 4) is 0 Å². The van der Waals surface area contributed by atoms with Crippen molar-refractivity contribution in [1.29, 1.82) is 0 Å². The molecule has 0 radical (unpaired) electrons. The summed E-state index contributed by atoms with van der Waals surface area (Å²) in [5.74, 6) is -1.41. The number of carbonyl (C=O) groups excluding carboxylic acids is 4. The number of aromatic nitrogens is 1. The van der Waals surface area contributed by atoms with Crippen LogP contribution in [-0.4, -0.2) is 94.6 Å². The van der Waals surface area contributed by atoms with Crippen molar-refractivity contribution in [3.63, 3.8) is 0 Å². The number of thioether (sulfide) groups is 1. The Balaban J connectivity index is 1.68. The van der Waals surface area contributed by atoms with Crippen molar-refractivity contribution < 1.29 is 38.2 Å². The molecule has 2 aliphatic rings. The summed E-state index contributed by atoms with van der Waals surface area (Å²) in [6.45, 7) is 11.6. The van der Waals surface area contributed by atoms with E-state index >= 15 is 0 Å². The normalized spacial score (nSPS) is 19.4. The van der Waals surface area contributed by atoms with Crippen molar-refractivity contribution in [2.24, 2.45) is 5.16 Å². The van der Waals surface area contributed by atoms with Crippen LogP contribution >= 0.6 is 23.1 Å². The van der Waals surface area contributed by atoms with Gasteiger partial charge in [0, 0.05) is 11.1 Å². The second-order valence-electron chi connectivity index (χ2n) is 10.8. The Morgan fingerprint density at radius 1 is 1.20 bits per heavy atom. The molecule has 1 saturated heterocycles. The molecule has 0 aliphatic carbocycles. The molecule has 1 unspecified atom stereocenters. The molecular formula is C25H35N5O8S2. The molecule has 0 bridgehead atoms. The summed E-state index contributed by atoms with van der Waals surface area (Å²) in [4.78, 5) is 60.3. The van der Waals surface area contributed by atoms with Crippen molar-refractivity contribution >= 4 is 58.1 Å². The number of nitrogens with zero attached hydrogens (tertiary/aromatic N) is 3. The number of hydrogen-bond donors (Lipinski definition) is 2. The number of carbonyl (C=O) groups is 4. The Bertz CT molecular complexity index is 1150. The second-order valence-corrected chi connectivity index (χ2v) is 12.8. The lowest BCUT2D eigenvalue weighted by Crippen LogP contribution is -2.70. The molecule has 3 rings (SSSR count). The molecular weight excluding hydrogens is 562 g/mol. The average Bonchev–Trinajstić information content (AvgIpc) is 3.33.